The maximum atomic E-state index is 11.1. The van der Waals surface area contributed by atoms with E-state index in [1.807, 2.05) is 6.26 Å². The van der Waals surface area contributed by atoms with Crippen LogP contribution in [-0.4, -0.2) is 36.1 Å². The second-order valence-electron chi connectivity index (χ2n) is 2.56. The fourth-order valence-corrected chi connectivity index (χ4v) is 1.79. The van der Waals surface area contributed by atoms with Gasteiger partial charge in [-0.15, -0.1) is 0 Å². The predicted molar refractivity (Wildman–Crippen MR) is 45.4 cm³/mol. The molecule has 1 atom stereocenters. The molecular weight excluding hydrogens is 178 g/mol. The van der Waals surface area contributed by atoms with E-state index in [0.717, 1.165) is 0 Å². The van der Waals surface area contributed by atoms with E-state index < -0.39 is 0 Å². The maximum absolute atomic E-state index is 11.1. The Bertz CT molecular complexity index is 205. The first-order chi connectivity index (χ1) is 5.69. The molecule has 1 fully saturated rings. The minimum atomic E-state index is -0.292. The normalized spacial score (nSPS) is 23.0. The zero-order valence-corrected chi connectivity index (χ0v) is 7.89. The minimum Gasteiger partial charge on any atom is -0.469 e. The Kier molecular flexibility index (Phi) is 2.97. The van der Waals surface area contributed by atoms with Gasteiger partial charge in [0, 0.05) is 19.2 Å². The van der Waals surface area contributed by atoms with Crippen LogP contribution in [0.3, 0.4) is 0 Å². The quantitative estimate of drug-likeness (QED) is 0.462. The van der Waals surface area contributed by atoms with Crippen molar-refractivity contribution in [3.63, 3.8) is 0 Å². The number of esters is 1. The summed E-state index contributed by atoms with van der Waals surface area (Å²) >= 11 is 1.35. The fraction of sp³-hybridized carbons (Fsp3) is 0.714. The topological polar surface area (TPSA) is 46.6 Å². The molecule has 5 heteroatoms. The maximum Gasteiger partial charge on any atom is 0.311 e. The minimum absolute atomic E-state index is 0.0119. The number of hydrogen-bond acceptors (Lipinski definition) is 4. The van der Waals surface area contributed by atoms with Crippen LogP contribution >= 0.6 is 11.9 Å². The van der Waals surface area contributed by atoms with E-state index in [4.69, 9.17) is 0 Å². The molecule has 1 heterocycles. The van der Waals surface area contributed by atoms with E-state index in [-0.39, 0.29) is 24.2 Å². The third-order valence-electron chi connectivity index (χ3n) is 1.84. The third-order valence-corrected chi connectivity index (χ3v) is 2.63. The smallest absolute Gasteiger partial charge is 0.311 e. The van der Waals surface area contributed by atoms with Crippen LogP contribution in [0.1, 0.15) is 6.42 Å². The summed E-state index contributed by atoms with van der Waals surface area (Å²) in [6, 6.07) is 0. The van der Waals surface area contributed by atoms with Crippen LogP contribution in [-0.2, 0) is 14.3 Å². The van der Waals surface area contributed by atoms with E-state index >= 15 is 0 Å². The molecule has 1 aliphatic heterocycles. The first kappa shape index (κ1) is 9.38. The van der Waals surface area contributed by atoms with Crippen molar-refractivity contribution in [3.8, 4) is 0 Å². The van der Waals surface area contributed by atoms with Crippen LogP contribution in [0, 0.1) is 5.92 Å². The van der Waals surface area contributed by atoms with E-state index in [0.29, 0.717) is 6.54 Å². The molecule has 1 amide bonds. The van der Waals surface area contributed by atoms with Gasteiger partial charge in [-0.25, -0.2) is 0 Å². The van der Waals surface area contributed by atoms with Gasteiger partial charge in [-0.2, -0.15) is 0 Å². The first-order valence-corrected chi connectivity index (χ1v) is 4.79. The first-order valence-electron chi connectivity index (χ1n) is 3.61. The van der Waals surface area contributed by atoms with Crippen LogP contribution in [0.5, 0.6) is 0 Å². The van der Waals surface area contributed by atoms with Crippen molar-refractivity contribution < 1.29 is 14.3 Å². The molecule has 0 aromatic heterocycles. The second-order valence-corrected chi connectivity index (χ2v) is 3.37. The van der Waals surface area contributed by atoms with Crippen molar-refractivity contribution in [3.05, 3.63) is 0 Å². The second kappa shape index (κ2) is 3.80. The lowest BCUT2D eigenvalue weighted by Crippen LogP contribution is -2.19. The Labute approximate surface area is 75.4 Å². The fourth-order valence-electron chi connectivity index (χ4n) is 1.18. The number of methoxy groups -OCH3 is 1. The monoisotopic (exact) mass is 189 g/mol. The Hall–Kier alpha value is -0.710. The van der Waals surface area contributed by atoms with Gasteiger partial charge in [-0.05, 0) is 0 Å². The van der Waals surface area contributed by atoms with E-state index in [9.17, 15) is 9.59 Å². The molecule has 0 bridgehead atoms. The summed E-state index contributed by atoms with van der Waals surface area (Å²) < 4.78 is 6.13. The van der Waals surface area contributed by atoms with Gasteiger partial charge in [0.05, 0.1) is 13.0 Å². The van der Waals surface area contributed by atoms with Gasteiger partial charge in [0.2, 0.25) is 5.91 Å². The van der Waals surface area contributed by atoms with Crippen molar-refractivity contribution in [1.29, 1.82) is 0 Å². The Morgan fingerprint density at radius 1 is 1.75 bits per heavy atom. The lowest BCUT2D eigenvalue weighted by atomic mass is 10.1. The average molecular weight is 189 g/mol. The van der Waals surface area contributed by atoms with Crippen molar-refractivity contribution >= 4 is 23.8 Å². The highest BCUT2D eigenvalue weighted by atomic mass is 32.2. The van der Waals surface area contributed by atoms with Gasteiger partial charge in [-0.3, -0.25) is 13.9 Å². The molecule has 1 unspecified atom stereocenters. The van der Waals surface area contributed by atoms with Gasteiger partial charge < -0.3 is 4.74 Å². The van der Waals surface area contributed by atoms with E-state index in [1.165, 1.54) is 19.1 Å². The largest absolute Gasteiger partial charge is 0.469 e. The molecule has 0 aliphatic carbocycles. The molecule has 1 rings (SSSR count). The summed E-state index contributed by atoms with van der Waals surface area (Å²) in [4.78, 5) is 22.1. The standard InChI is InChI=1S/C7H11NO3S/c1-11-7(10)5-3-6(9)8(4-5)12-2/h5H,3-4H2,1-2H3. The molecule has 12 heavy (non-hydrogen) atoms. The van der Waals surface area contributed by atoms with Crippen LogP contribution in [0.15, 0.2) is 0 Å². The van der Waals surface area contributed by atoms with Crippen LogP contribution in [0.25, 0.3) is 0 Å². The number of rotatable bonds is 2. The number of nitrogens with zero attached hydrogens (tertiary/aromatic N) is 1. The van der Waals surface area contributed by atoms with E-state index in [2.05, 4.69) is 4.74 Å². The van der Waals surface area contributed by atoms with Crippen LogP contribution < -0.4 is 0 Å². The molecule has 0 aromatic rings. The van der Waals surface area contributed by atoms with Gasteiger partial charge in [0.15, 0.2) is 0 Å². The zero-order chi connectivity index (χ0) is 9.14. The molecule has 68 valence electrons. The molecule has 0 radical (unpaired) electrons. The molecule has 1 saturated heterocycles. The molecule has 0 N–H and O–H groups in total. The van der Waals surface area contributed by atoms with Gasteiger partial charge >= 0.3 is 5.97 Å². The van der Waals surface area contributed by atoms with Gasteiger partial charge in [0.25, 0.3) is 0 Å². The lowest BCUT2D eigenvalue weighted by molar-refractivity contribution is -0.145. The molecule has 0 saturated carbocycles. The number of carbonyl (C=O) groups excluding carboxylic acids is 2. The third kappa shape index (κ3) is 1.72. The number of amides is 1. The molecule has 0 aromatic carbocycles. The Balaban J connectivity index is 2.54. The Morgan fingerprint density at radius 3 is 2.83 bits per heavy atom. The SMILES string of the molecule is COC(=O)C1CC(=O)N(SC)C1. The number of hydrogen-bond donors (Lipinski definition) is 0. The molecule has 0 spiro atoms. The van der Waals surface area contributed by atoms with Crippen molar-refractivity contribution in [2.45, 2.75) is 6.42 Å². The highest BCUT2D eigenvalue weighted by Crippen LogP contribution is 2.23. The summed E-state index contributed by atoms with van der Waals surface area (Å²) in [6.07, 6.45) is 2.10. The Morgan fingerprint density at radius 2 is 2.42 bits per heavy atom. The van der Waals surface area contributed by atoms with E-state index in [1.54, 1.807) is 4.31 Å². The number of carbonyl (C=O) groups is 2. The summed E-state index contributed by atoms with van der Waals surface area (Å²) in [6.45, 7) is 0.479. The molecule has 1 aliphatic rings. The van der Waals surface area contributed by atoms with Crippen molar-refractivity contribution in [2.24, 2.45) is 5.92 Å². The summed E-state index contributed by atoms with van der Waals surface area (Å²) in [5.74, 6) is -0.548. The highest BCUT2D eigenvalue weighted by Gasteiger charge is 2.34. The zero-order valence-electron chi connectivity index (χ0n) is 7.07. The summed E-state index contributed by atoms with van der Waals surface area (Å²) in [5, 5.41) is 0. The predicted octanol–water partition coefficient (Wildman–Crippen LogP) is 0.286. The average Bonchev–Trinajstić information content (AvgIpc) is 2.45. The van der Waals surface area contributed by atoms with Crippen molar-refractivity contribution in [2.75, 3.05) is 19.9 Å². The molecule has 4 nitrogen and oxygen atoms in total. The van der Waals surface area contributed by atoms with Crippen molar-refractivity contribution in [1.82, 2.24) is 4.31 Å². The van der Waals surface area contributed by atoms with Crippen LogP contribution in [0.4, 0.5) is 0 Å². The summed E-state index contributed by atoms with van der Waals surface area (Å²) in [7, 11) is 1.34. The highest BCUT2D eigenvalue weighted by molar-refractivity contribution is 7.96. The lowest BCUT2D eigenvalue weighted by Gasteiger charge is -2.10. The number of ether oxygens (including phenoxy) is 1. The van der Waals surface area contributed by atoms with Gasteiger partial charge in [-0.1, -0.05) is 11.9 Å². The van der Waals surface area contributed by atoms with Crippen LogP contribution in [0.2, 0.25) is 0 Å². The van der Waals surface area contributed by atoms with Gasteiger partial charge in [0.1, 0.15) is 0 Å². The summed E-state index contributed by atoms with van der Waals surface area (Å²) in [5.41, 5.74) is 0. The molecular formula is C7H11NO3S.